The Morgan fingerprint density at radius 1 is 1.21 bits per heavy atom. The first-order chi connectivity index (χ1) is 15.6. The predicted molar refractivity (Wildman–Crippen MR) is 116 cm³/mol. The third-order valence-electron chi connectivity index (χ3n) is 6.22. The van der Waals surface area contributed by atoms with Crippen molar-refractivity contribution in [1.82, 2.24) is 19.7 Å². The molecule has 0 radical (unpaired) electrons. The Bertz CT molecular complexity index is 1180. The minimum absolute atomic E-state index is 0.0433. The van der Waals surface area contributed by atoms with Gasteiger partial charge in [0.25, 0.3) is 11.8 Å². The quantitative estimate of drug-likeness (QED) is 0.727. The zero-order valence-electron chi connectivity index (χ0n) is 18.6. The molecule has 8 nitrogen and oxygen atoms in total. The Kier molecular flexibility index (Phi) is 5.96. The summed E-state index contributed by atoms with van der Waals surface area (Å²) in [5.41, 5.74) is -1.44. The van der Waals surface area contributed by atoms with Crippen LogP contribution >= 0.6 is 0 Å². The van der Waals surface area contributed by atoms with Gasteiger partial charge in [-0.2, -0.15) is 0 Å². The van der Waals surface area contributed by atoms with E-state index in [1.54, 1.807) is 4.90 Å². The summed E-state index contributed by atoms with van der Waals surface area (Å²) in [6.07, 6.45) is 0.992. The molecular formula is C23H26F2N4O4. The van der Waals surface area contributed by atoms with Crippen LogP contribution in [-0.2, 0) is 13.1 Å². The average molecular weight is 460 g/mol. The van der Waals surface area contributed by atoms with Crippen molar-refractivity contribution in [2.45, 2.75) is 46.1 Å². The summed E-state index contributed by atoms with van der Waals surface area (Å²) in [6.45, 7) is 7.42. The summed E-state index contributed by atoms with van der Waals surface area (Å²) in [5.74, 6) is -3.42. The van der Waals surface area contributed by atoms with Crippen molar-refractivity contribution in [3.8, 4) is 5.75 Å². The van der Waals surface area contributed by atoms with Gasteiger partial charge in [-0.15, -0.1) is 0 Å². The number of hydrogen-bond donors (Lipinski definition) is 2. The van der Waals surface area contributed by atoms with Gasteiger partial charge in [0.15, 0.2) is 11.4 Å². The van der Waals surface area contributed by atoms with E-state index in [0.717, 1.165) is 12.6 Å². The van der Waals surface area contributed by atoms with E-state index >= 15 is 0 Å². The van der Waals surface area contributed by atoms with E-state index < -0.39 is 34.6 Å². The smallest absolute Gasteiger partial charge is 0.275 e. The molecule has 2 amide bonds. The number of hydrogen-bond acceptors (Lipinski definition) is 5. The molecule has 176 valence electrons. The third-order valence-corrected chi connectivity index (χ3v) is 6.22. The number of amides is 2. The number of carbonyl (C=O) groups excluding carboxylic acids is 2. The molecule has 0 saturated carbocycles. The molecular weight excluding hydrogens is 434 g/mol. The van der Waals surface area contributed by atoms with Gasteiger partial charge in [-0.05, 0) is 25.8 Å². The second-order valence-electron chi connectivity index (χ2n) is 8.97. The zero-order chi connectivity index (χ0) is 24.0. The predicted octanol–water partition coefficient (Wildman–Crippen LogP) is 1.90. The zero-order valence-corrected chi connectivity index (χ0v) is 18.6. The molecule has 0 spiro atoms. The standard InChI is InChI=1S/C23H26F2N4O4/c1-12(2)28-8-13(3)9-29-18(28)11-27-10-16(20(30)21(31)19(27)23(29)33)22(32)26-7-14-4-5-15(24)6-17(14)25/h4-6,10,12-13,18,31H,7-9,11H2,1-3H3,(H,26,32)/t13-,18?/m1/s1. The topological polar surface area (TPSA) is 94.9 Å². The largest absolute Gasteiger partial charge is 0.503 e. The van der Waals surface area contributed by atoms with Crippen molar-refractivity contribution in [2.24, 2.45) is 5.92 Å². The number of nitrogens with zero attached hydrogens (tertiary/aromatic N) is 3. The molecule has 3 heterocycles. The number of benzene rings is 1. The molecule has 2 atom stereocenters. The normalized spacial score (nSPS) is 20.5. The molecule has 2 aliphatic rings. The Morgan fingerprint density at radius 3 is 2.61 bits per heavy atom. The Balaban J connectivity index is 1.65. The number of aromatic nitrogens is 1. The number of pyridine rings is 1. The van der Waals surface area contributed by atoms with E-state index in [2.05, 4.69) is 10.2 Å². The second-order valence-corrected chi connectivity index (χ2v) is 8.97. The minimum atomic E-state index is -0.976. The molecule has 4 rings (SSSR count). The first kappa shape index (κ1) is 22.9. The van der Waals surface area contributed by atoms with Gasteiger partial charge in [-0.25, -0.2) is 8.78 Å². The van der Waals surface area contributed by atoms with Crippen LogP contribution in [0.5, 0.6) is 5.75 Å². The maximum atomic E-state index is 13.9. The monoisotopic (exact) mass is 460 g/mol. The van der Waals surface area contributed by atoms with Crippen LogP contribution in [0.4, 0.5) is 8.78 Å². The molecule has 1 aromatic carbocycles. The van der Waals surface area contributed by atoms with E-state index in [-0.39, 0.29) is 48.0 Å². The summed E-state index contributed by atoms with van der Waals surface area (Å²) < 4.78 is 28.4. The van der Waals surface area contributed by atoms with Crippen molar-refractivity contribution in [1.29, 1.82) is 0 Å². The number of carbonyl (C=O) groups is 2. The summed E-state index contributed by atoms with van der Waals surface area (Å²) >= 11 is 0. The van der Waals surface area contributed by atoms with Crippen molar-refractivity contribution in [3.63, 3.8) is 0 Å². The summed E-state index contributed by atoms with van der Waals surface area (Å²) in [4.78, 5) is 42.5. The maximum absolute atomic E-state index is 13.9. The molecule has 1 saturated heterocycles. The van der Waals surface area contributed by atoms with Gasteiger partial charge >= 0.3 is 0 Å². The molecule has 10 heteroatoms. The fourth-order valence-corrected chi connectivity index (χ4v) is 4.58. The average Bonchev–Trinajstić information content (AvgIpc) is 2.75. The van der Waals surface area contributed by atoms with Crippen LogP contribution in [0.1, 0.15) is 47.2 Å². The number of rotatable bonds is 4. The lowest BCUT2D eigenvalue weighted by molar-refractivity contribution is -0.0413. The highest BCUT2D eigenvalue weighted by molar-refractivity contribution is 5.99. The summed E-state index contributed by atoms with van der Waals surface area (Å²) in [6, 6.07) is 3.12. The van der Waals surface area contributed by atoms with Crippen molar-refractivity contribution in [3.05, 3.63) is 63.1 Å². The molecule has 33 heavy (non-hydrogen) atoms. The molecule has 2 N–H and O–H groups in total. The number of nitrogens with one attached hydrogen (secondary N) is 1. The Morgan fingerprint density at radius 2 is 1.94 bits per heavy atom. The molecule has 2 aliphatic heterocycles. The van der Waals surface area contributed by atoms with E-state index in [0.29, 0.717) is 12.6 Å². The van der Waals surface area contributed by atoms with Gasteiger partial charge in [0.1, 0.15) is 23.4 Å². The van der Waals surface area contributed by atoms with Gasteiger partial charge in [0.2, 0.25) is 5.43 Å². The van der Waals surface area contributed by atoms with Crippen LogP contribution in [0, 0.1) is 17.6 Å². The second kappa shape index (κ2) is 8.58. The highest BCUT2D eigenvalue weighted by atomic mass is 19.1. The SMILES string of the molecule is CC(C)N1C[C@@H](C)CN2C(=O)c3c(O)c(=O)c(C(=O)NCc4ccc(F)cc4F)cn3CC21. The van der Waals surface area contributed by atoms with E-state index in [9.17, 15) is 28.3 Å². The van der Waals surface area contributed by atoms with Gasteiger partial charge in [0.05, 0.1) is 6.54 Å². The van der Waals surface area contributed by atoms with Crippen LogP contribution in [0.25, 0.3) is 0 Å². The summed E-state index contributed by atoms with van der Waals surface area (Å²) in [5, 5.41) is 13.0. The molecule has 0 bridgehead atoms. The lowest BCUT2D eigenvalue weighted by atomic mass is 10.0. The van der Waals surface area contributed by atoms with Crippen LogP contribution in [0.2, 0.25) is 0 Å². The number of aromatic hydroxyl groups is 1. The van der Waals surface area contributed by atoms with Crippen LogP contribution in [0.3, 0.4) is 0 Å². The lowest BCUT2D eigenvalue weighted by Crippen LogP contribution is -2.64. The third kappa shape index (κ3) is 4.10. The molecule has 1 aromatic heterocycles. The van der Waals surface area contributed by atoms with Crippen molar-refractivity contribution in [2.75, 3.05) is 13.1 Å². The number of halogens is 2. The van der Waals surface area contributed by atoms with Gasteiger partial charge < -0.3 is 19.9 Å². The fraction of sp³-hybridized carbons (Fsp3) is 0.435. The molecule has 0 aliphatic carbocycles. The number of fused-ring (bicyclic) bond motifs is 2. The molecule has 1 unspecified atom stereocenters. The highest BCUT2D eigenvalue weighted by Crippen LogP contribution is 2.30. The van der Waals surface area contributed by atoms with E-state index in [1.807, 2.05) is 20.8 Å². The molecule has 2 aromatic rings. The Labute approximate surface area is 189 Å². The maximum Gasteiger partial charge on any atom is 0.275 e. The first-order valence-electron chi connectivity index (χ1n) is 10.8. The molecule has 1 fully saturated rings. The van der Waals surface area contributed by atoms with Crippen LogP contribution in [-0.4, -0.2) is 56.6 Å². The fourth-order valence-electron chi connectivity index (χ4n) is 4.58. The summed E-state index contributed by atoms with van der Waals surface area (Å²) in [7, 11) is 0. The lowest BCUT2D eigenvalue weighted by Gasteiger charge is -2.50. The van der Waals surface area contributed by atoms with Gasteiger partial charge in [-0.3, -0.25) is 19.3 Å². The van der Waals surface area contributed by atoms with Crippen LogP contribution < -0.4 is 10.7 Å². The van der Waals surface area contributed by atoms with E-state index in [1.165, 1.54) is 16.8 Å². The Hall–Kier alpha value is -3.27. The minimum Gasteiger partial charge on any atom is -0.503 e. The van der Waals surface area contributed by atoms with Crippen molar-refractivity contribution < 1.29 is 23.5 Å². The van der Waals surface area contributed by atoms with Gasteiger partial charge in [0, 0.05) is 43.5 Å². The van der Waals surface area contributed by atoms with Gasteiger partial charge in [-0.1, -0.05) is 13.0 Å². The first-order valence-corrected chi connectivity index (χ1v) is 10.8. The van der Waals surface area contributed by atoms with Crippen molar-refractivity contribution >= 4 is 11.8 Å². The van der Waals surface area contributed by atoms with E-state index in [4.69, 9.17) is 0 Å². The highest BCUT2D eigenvalue weighted by Gasteiger charge is 2.43. The van der Waals surface area contributed by atoms with Crippen LogP contribution in [0.15, 0.2) is 29.2 Å².